The monoisotopic (exact) mass is 501 g/mol. The maximum atomic E-state index is 12.0. The first-order chi connectivity index (χ1) is 12.5. The molecule has 0 aliphatic rings. The SMILES string of the molecule is COc1ccc(Cl)cc1-c1nnc(SCC(=O)Nc2ccc(I)cc2)o1. The van der Waals surface area contributed by atoms with Crippen LogP contribution in [0.2, 0.25) is 5.02 Å². The summed E-state index contributed by atoms with van der Waals surface area (Å²) in [4.78, 5) is 12.0. The van der Waals surface area contributed by atoms with Crippen molar-refractivity contribution in [2.45, 2.75) is 5.22 Å². The Morgan fingerprint density at radius 1 is 1.27 bits per heavy atom. The van der Waals surface area contributed by atoms with E-state index in [-0.39, 0.29) is 17.6 Å². The van der Waals surface area contributed by atoms with Crippen LogP contribution in [0.25, 0.3) is 11.5 Å². The highest BCUT2D eigenvalue weighted by Gasteiger charge is 2.15. The Kier molecular flexibility index (Phi) is 6.38. The lowest BCUT2D eigenvalue weighted by Crippen LogP contribution is -2.13. The minimum absolute atomic E-state index is 0.153. The fourth-order valence-electron chi connectivity index (χ4n) is 2.08. The minimum Gasteiger partial charge on any atom is -0.496 e. The van der Waals surface area contributed by atoms with E-state index < -0.39 is 0 Å². The van der Waals surface area contributed by atoms with Gasteiger partial charge in [0, 0.05) is 14.3 Å². The molecule has 6 nitrogen and oxygen atoms in total. The molecular weight excluding hydrogens is 489 g/mol. The maximum absolute atomic E-state index is 12.0. The van der Waals surface area contributed by atoms with Gasteiger partial charge in [0.25, 0.3) is 11.1 Å². The second kappa shape index (κ2) is 8.74. The third-order valence-electron chi connectivity index (χ3n) is 3.25. The standard InChI is InChI=1S/C17H13ClIN3O3S/c1-24-14-7-2-10(18)8-13(14)16-21-22-17(25-16)26-9-15(23)20-12-5-3-11(19)4-6-12/h2-8H,9H2,1H3,(H,20,23). The number of nitrogens with one attached hydrogen (secondary N) is 1. The summed E-state index contributed by atoms with van der Waals surface area (Å²) in [5.74, 6) is 0.854. The average Bonchev–Trinajstić information content (AvgIpc) is 3.11. The zero-order valence-corrected chi connectivity index (χ0v) is 17.3. The van der Waals surface area contributed by atoms with E-state index in [0.717, 1.165) is 21.0 Å². The van der Waals surface area contributed by atoms with Gasteiger partial charge in [-0.25, -0.2) is 0 Å². The molecule has 26 heavy (non-hydrogen) atoms. The number of aromatic nitrogens is 2. The molecule has 0 saturated heterocycles. The summed E-state index contributed by atoms with van der Waals surface area (Å²) in [6, 6.07) is 12.7. The second-order valence-electron chi connectivity index (χ2n) is 5.06. The predicted octanol–water partition coefficient (Wildman–Crippen LogP) is 4.73. The Morgan fingerprint density at radius 3 is 2.77 bits per heavy atom. The Morgan fingerprint density at radius 2 is 2.04 bits per heavy atom. The topological polar surface area (TPSA) is 77.2 Å². The number of ether oxygens (including phenoxy) is 1. The van der Waals surface area contributed by atoms with E-state index in [0.29, 0.717) is 21.6 Å². The smallest absolute Gasteiger partial charge is 0.277 e. The van der Waals surface area contributed by atoms with Gasteiger partial charge in [0.15, 0.2) is 0 Å². The number of hydrogen-bond acceptors (Lipinski definition) is 6. The molecule has 3 rings (SSSR count). The van der Waals surface area contributed by atoms with E-state index in [1.165, 1.54) is 0 Å². The van der Waals surface area contributed by atoms with Gasteiger partial charge in [-0.15, -0.1) is 10.2 Å². The highest BCUT2D eigenvalue weighted by molar-refractivity contribution is 14.1. The summed E-state index contributed by atoms with van der Waals surface area (Å²) < 4.78 is 12.0. The molecule has 0 aliphatic carbocycles. The highest BCUT2D eigenvalue weighted by Crippen LogP contribution is 2.33. The zero-order valence-electron chi connectivity index (χ0n) is 13.5. The van der Waals surface area contributed by atoms with Gasteiger partial charge in [-0.05, 0) is 65.1 Å². The molecule has 1 aromatic heterocycles. The summed E-state index contributed by atoms with van der Waals surface area (Å²) in [5, 5.41) is 11.6. The van der Waals surface area contributed by atoms with Crippen LogP contribution in [0.4, 0.5) is 5.69 Å². The Bertz CT molecular complexity index is 918. The average molecular weight is 502 g/mol. The lowest BCUT2D eigenvalue weighted by molar-refractivity contribution is -0.113. The summed E-state index contributed by atoms with van der Waals surface area (Å²) in [5.41, 5.74) is 1.34. The Hall–Kier alpha value is -1.78. The molecule has 2 aromatic carbocycles. The fourth-order valence-corrected chi connectivity index (χ4v) is 3.18. The number of thioether (sulfide) groups is 1. The number of anilines is 1. The molecule has 134 valence electrons. The van der Waals surface area contributed by atoms with Gasteiger partial charge >= 0.3 is 0 Å². The van der Waals surface area contributed by atoms with Crippen molar-refractivity contribution < 1.29 is 13.9 Å². The molecule has 1 amide bonds. The number of carbonyl (C=O) groups excluding carboxylic acids is 1. The molecule has 1 heterocycles. The van der Waals surface area contributed by atoms with Crippen molar-refractivity contribution in [2.75, 3.05) is 18.2 Å². The number of amides is 1. The summed E-state index contributed by atoms with van der Waals surface area (Å²) >= 11 is 9.38. The molecule has 0 bridgehead atoms. The molecule has 1 N–H and O–H groups in total. The molecule has 0 fully saturated rings. The van der Waals surface area contributed by atoms with Crippen molar-refractivity contribution in [3.63, 3.8) is 0 Å². The molecule has 0 unspecified atom stereocenters. The van der Waals surface area contributed by atoms with E-state index in [1.807, 2.05) is 24.3 Å². The number of hydrogen-bond donors (Lipinski definition) is 1. The van der Waals surface area contributed by atoms with Gasteiger partial charge in [0.2, 0.25) is 5.91 Å². The van der Waals surface area contributed by atoms with Crippen LogP contribution in [0.5, 0.6) is 5.75 Å². The van der Waals surface area contributed by atoms with Crippen molar-refractivity contribution in [3.05, 3.63) is 51.1 Å². The summed E-state index contributed by atoms with van der Waals surface area (Å²) in [6.07, 6.45) is 0. The number of nitrogens with zero attached hydrogens (tertiary/aromatic N) is 2. The molecule has 0 radical (unpaired) electrons. The number of benzene rings is 2. The van der Waals surface area contributed by atoms with Gasteiger partial charge in [-0.1, -0.05) is 23.4 Å². The number of halogens is 2. The van der Waals surface area contributed by atoms with Crippen LogP contribution in [0.15, 0.2) is 52.1 Å². The van der Waals surface area contributed by atoms with Crippen LogP contribution >= 0.6 is 46.0 Å². The van der Waals surface area contributed by atoms with E-state index in [9.17, 15) is 4.79 Å². The van der Waals surface area contributed by atoms with E-state index >= 15 is 0 Å². The lowest BCUT2D eigenvalue weighted by Gasteiger charge is -2.05. The van der Waals surface area contributed by atoms with Crippen LogP contribution in [0, 0.1) is 3.57 Å². The molecule has 3 aromatic rings. The lowest BCUT2D eigenvalue weighted by atomic mass is 10.2. The quantitative estimate of drug-likeness (QED) is 0.389. The maximum Gasteiger partial charge on any atom is 0.277 e. The van der Waals surface area contributed by atoms with E-state index in [2.05, 4.69) is 38.1 Å². The number of rotatable bonds is 6. The number of carbonyl (C=O) groups is 1. The largest absolute Gasteiger partial charge is 0.496 e. The molecule has 9 heteroatoms. The summed E-state index contributed by atoms with van der Waals surface area (Å²) in [6.45, 7) is 0. The fraction of sp³-hybridized carbons (Fsp3) is 0.118. The highest BCUT2D eigenvalue weighted by atomic mass is 127. The third-order valence-corrected chi connectivity index (χ3v) is 5.03. The normalized spacial score (nSPS) is 10.6. The first kappa shape index (κ1) is 19.0. The summed E-state index contributed by atoms with van der Waals surface area (Å²) in [7, 11) is 1.55. The first-order valence-corrected chi connectivity index (χ1v) is 9.85. The zero-order chi connectivity index (χ0) is 18.5. The van der Waals surface area contributed by atoms with Crippen molar-refractivity contribution in [2.24, 2.45) is 0 Å². The van der Waals surface area contributed by atoms with Crippen molar-refractivity contribution in [1.82, 2.24) is 10.2 Å². The number of methoxy groups -OCH3 is 1. The molecule has 0 spiro atoms. The van der Waals surface area contributed by atoms with Gasteiger partial charge in [0.1, 0.15) is 5.75 Å². The van der Waals surface area contributed by atoms with E-state index in [1.54, 1.807) is 25.3 Å². The van der Waals surface area contributed by atoms with Gasteiger partial charge in [-0.3, -0.25) is 4.79 Å². The predicted molar refractivity (Wildman–Crippen MR) is 110 cm³/mol. The molecule has 0 saturated carbocycles. The van der Waals surface area contributed by atoms with Gasteiger partial charge in [-0.2, -0.15) is 0 Å². The Balaban J connectivity index is 1.63. The van der Waals surface area contributed by atoms with Crippen molar-refractivity contribution in [1.29, 1.82) is 0 Å². The van der Waals surface area contributed by atoms with Crippen LogP contribution in [-0.4, -0.2) is 29.0 Å². The van der Waals surface area contributed by atoms with Crippen LogP contribution in [0.1, 0.15) is 0 Å². The molecule has 0 atom stereocenters. The first-order valence-electron chi connectivity index (χ1n) is 7.41. The van der Waals surface area contributed by atoms with Gasteiger partial charge in [0.05, 0.1) is 18.4 Å². The second-order valence-corrected chi connectivity index (χ2v) is 7.67. The van der Waals surface area contributed by atoms with Crippen molar-refractivity contribution in [3.8, 4) is 17.2 Å². The third kappa shape index (κ3) is 4.89. The van der Waals surface area contributed by atoms with Crippen molar-refractivity contribution >= 4 is 57.5 Å². The molecular formula is C17H13ClIN3O3S. The minimum atomic E-state index is -0.156. The molecule has 0 aliphatic heterocycles. The van der Waals surface area contributed by atoms with E-state index in [4.69, 9.17) is 20.8 Å². The van der Waals surface area contributed by atoms with Gasteiger partial charge < -0.3 is 14.5 Å². The van der Waals surface area contributed by atoms with Crippen LogP contribution < -0.4 is 10.1 Å². The van der Waals surface area contributed by atoms with Crippen LogP contribution in [0.3, 0.4) is 0 Å². The van der Waals surface area contributed by atoms with Crippen LogP contribution in [-0.2, 0) is 4.79 Å². The Labute approximate surface area is 172 Å².